The van der Waals surface area contributed by atoms with E-state index in [0.29, 0.717) is 4.99 Å². The fourth-order valence-corrected chi connectivity index (χ4v) is 3.01. The summed E-state index contributed by atoms with van der Waals surface area (Å²) in [5, 5.41) is 3.49. The third-order valence-electron chi connectivity index (χ3n) is 3.51. The molecule has 1 aromatic heterocycles. The maximum absolute atomic E-state index is 5.87. The Labute approximate surface area is 131 Å². The van der Waals surface area contributed by atoms with Gasteiger partial charge in [0.25, 0.3) is 0 Å². The molecule has 0 spiro atoms. The highest BCUT2D eigenvalue weighted by molar-refractivity contribution is 7.80. The number of thiocarbonyl (C=S) groups is 1. The molecule has 0 saturated carbocycles. The van der Waals surface area contributed by atoms with Gasteiger partial charge in [0, 0.05) is 17.1 Å². The molecular weight excluding hydrogens is 278 g/mol. The van der Waals surface area contributed by atoms with Crippen LogP contribution in [0.4, 0.5) is 11.4 Å². The topological polar surface area (TPSA) is 50.9 Å². The molecule has 0 aliphatic heterocycles. The molecule has 21 heavy (non-hydrogen) atoms. The summed E-state index contributed by atoms with van der Waals surface area (Å²) >= 11 is 5.18. The van der Waals surface area contributed by atoms with E-state index in [9.17, 15) is 0 Å². The summed E-state index contributed by atoms with van der Waals surface area (Å²) in [7, 11) is 0. The van der Waals surface area contributed by atoms with Crippen LogP contribution in [0.2, 0.25) is 0 Å². The lowest BCUT2D eigenvalue weighted by atomic mass is 10.0. The number of pyridine rings is 1. The number of nitrogens with zero attached hydrogens (tertiary/aromatic N) is 1. The van der Waals surface area contributed by atoms with Crippen LogP contribution < -0.4 is 11.1 Å². The third kappa shape index (κ3) is 3.22. The molecule has 110 valence electrons. The van der Waals surface area contributed by atoms with Gasteiger partial charge in [0.15, 0.2) is 0 Å². The minimum absolute atomic E-state index is 0.366. The molecule has 0 fully saturated rings. The average Bonchev–Trinajstić information content (AvgIpc) is 2.32. The number of nitrogens with one attached hydrogen (secondary N) is 1. The summed E-state index contributed by atoms with van der Waals surface area (Å²) < 4.78 is 0. The van der Waals surface area contributed by atoms with Crippen LogP contribution in [-0.4, -0.2) is 9.97 Å². The zero-order valence-electron chi connectivity index (χ0n) is 13.2. The second kappa shape index (κ2) is 5.82. The number of hydrogen-bond acceptors (Lipinski definition) is 3. The summed E-state index contributed by atoms with van der Waals surface area (Å²) in [5.41, 5.74) is 14.2. The zero-order chi connectivity index (χ0) is 15.7. The predicted molar refractivity (Wildman–Crippen MR) is 93.5 cm³/mol. The molecular formula is C17H21N3S. The monoisotopic (exact) mass is 299 g/mol. The first-order chi connectivity index (χ1) is 9.79. The molecule has 0 amide bonds. The Morgan fingerprint density at radius 3 is 2.14 bits per heavy atom. The first-order valence-corrected chi connectivity index (χ1v) is 7.33. The lowest BCUT2D eigenvalue weighted by Crippen LogP contribution is -2.15. The molecule has 0 bridgehead atoms. The van der Waals surface area contributed by atoms with Gasteiger partial charge >= 0.3 is 0 Å². The van der Waals surface area contributed by atoms with Crippen LogP contribution in [0.1, 0.15) is 33.6 Å². The summed E-state index contributed by atoms with van der Waals surface area (Å²) in [6.07, 6.45) is 0. The summed E-state index contributed by atoms with van der Waals surface area (Å²) in [4.78, 5) is 4.81. The van der Waals surface area contributed by atoms with Crippen LogP contribution in [0.3, 0.4) is 0 Å². The Morgan fingerprint density at radius 1 is 1.05 bits per heavy atom. The standard InChI is InChI=1S/C17H21N3S/c1-9-6-10(2)16(11(3)7-9)20-14-8-12(4)19-13(5)15(14)17(18)21/h6-8H,1-5H3,(H2,18,21)(H,19,20). The molecule has 2 aromatic rings. The maximum atomic E-state index is 5.87. The highest BCUT2D eigenvalue weighted by atomic mass is 32.1. The van der Waals surface area contributed by atoms with Crippen LogP contribution >= 0.6 is 12.2 Å². The Bertz CT molecular complexity index is 697. The number of anilines is 2. The smallest absolute Gasteiger partial charge is 0.107 e. The zero-order valence-corrected chi connectivity index (χ0v) is 14.0. The van der Waals surface area contributed by atoms with Gasteiger partial charge in [-0.3, -0.25) is 4.98 Å². The second-order valence-corrected chi connectivity index (χ2v) is 5.97. The molecule has 0 aliphatic rings. The van der Waals surface area contributed by atoms with Gasteiger partial charge < -0.3 is 11.1 Å². The van der Waals surface area contributed by atoms with Gasteiger partial charge in [0.1, 0.15) is 4.99 Å². The van der Waals surface area contributed by atoms with Crippen LogP contribution in [0.25, 0.3) is 0 Å². The molecule has 3 N–H and O–H groups in total. The van der Waals surface area contributed by atoms with Crippen molar-refractivity contribution >= 4 is 28.6 Å². The second-order valence-electron chi connectivity index (χ2n) is 5.53. The first-order valence-electron chi connectivity index (χ1n) is 6.92. The minimum atomic E-state index is 0.366. The average molecular weight is 299 g/mol. The van der Waals surface area contributed by atoms with Gasteiger partial charge in [-0.2, -0.15) is 0 Å². The molecule has 1 heterocycles. The fraction of sp³-hybridized carbons (Fsp3) is 0.294. The van der Waals surface area contributed by atoms with Crippen LogP contribution in [-0.2, 0) is 0 Å². The number of aryl methyl sites for hydroxylation is 5. The number of hydrogen-bond donors (Lipinski definition) is 2. The van der Waals surface area contributed by atoms with Crippen molar-refractivity contribution in [3.8, 4) is 0 Å². The van der Waals surface area contributed by atoms with Gasteiger partial charge in [-0.1, -0.05) is 29.9 Å². The molecule has 1 aromatic carbocycles. The highest BCUT2D eigenvalue weighted by Gasteiger charge is 2.13. The van der Waals surface area contributed by atoms with Crippen LogP contribution in [0.5, 0.6) is 0 Å². The lowest BCUT2D eigenvalue weighted by Gasteiger charge is -2.18. The molecule has 0 unspecified atom stereocenters. The van der Waals surface area contributed by atoms with Crippen molar-refractivity contribution in [2.45, 2.75) is 34.6 Å². The first kappa shape index (κ1) is 15.4. The molecule has 0 radical (unpaired) electrons. The Balaban J connectivity index is 2.57. The normalized spacial score (nSPS) is 10.5. The number of benzene rings is 1. The lowest BCUT2D eigenvalue weighted by molar-refractivity contribution is 1.11. The van der Waals surface area contributed by atoms with Crippen LogP contribution in [0.15, 0.2) is 18.2 Å². The van der Waals surface area contributed by atoms with E-state index in [1.165, 1.54) is 16.7 Å². The van der Waals surface area contributed by atoms with Crippen molar-refractivity contribution in [3.05, 3.63) is 51.8 Å². The summed E-state index contributed by atoms with van der Waals surface area (Å²) in [5.74, 6) is 0. The van der Waals surface area contributed by atoms with Crippen molar-refractivity contribution in [3.63, 3.8) is 0 Å². The molecule has 0 saturated heterocycles. The van der Waals surface area contributed by atoms with Crippen molar-refractivity contribution in [2.75, 3.05) is 5.32 Å². The molecule has 2 rings (SSSR count). The van der Waals surface area contributed by atoms with Crippen molar-refractivity contribution in [1.82, 2.24) is 4.98 Å². The fourth-order valence-electron chi connectivity index (χ4n) is 2.75. The SMILES string of the molecule is Cc1cc(C)c(Nc2cc(C)nc(C)c2C(N)=S)c(C)c1. The minimum Gasteiger partial charge on any atom is -0.389 e. The maximum Gasteiger partial charge on any atom is 0.107 e. The van der Waals surface area contributed by atoms with E-state index in [-0.39, 0.29) is 0 Å². The van der Waals surface area contributed by atoms with Gasteiger partial charge in [-0.15, -0.1) is 0 Å². The largest absolute Gasteiger partial charge is 0.389 e. The van der Waals surface area contributed by atoms with Gasteiger partial charge in [0.05, 0.1) is 11.3 Å². The van der Waals surface area contributed by atoms with E-state index in [2.05, 4.69) is 43.2 Å². The predicted octanol–water partition coefficient (Wildman–Crippen LogP) is 4.00. The van der Waals surface area contributed by atoms with Gasteiger partial charge in [-0.25, -0.2) is 0 Å². The van der Waals surface area contributed by atoms with Gasteiger partial charge in [-0.05, 0) is 51.8 Å². The van der Waals surface area contributed by atoms with Crippen LogP contribution in [0, 0.1) is 34.6 Å². The highest BCUT2D eigenvalue weighted by Crippen LogP contribution is 2.29. The molecule has 3 nitrogen and oxygen atoms in total. The Morgan fingerprint density at radius 2 is 1.62 bits per heavy atom. The van der Waals surface area contributed by atoms with Gasteiger partial charge in [0.2, 0.25) is 0 Å². The van der Waals surface area contributed by atoms with Crippen molar-refractivity contribution in [1.29, 1.82) is 0 Å². The molecule has 0 aliphatic carbocycles. The molecule has 4 heteroatoms. The van der Waals surface area contributed by atoms with E-state index in [1.54, 1.807) is 0 Å². The van der Waals surface area contributed by atoms with E-state index in [1.807, 2.05) is 19.9 Å². The quantitative estimate of drug-likeness (QED) is 0.841. The number of nitrogens with two attached hydrogens (primary N) is 1. The number of aromatic nitrogens is 1. The Kier molecular flexibility index (Phi) is 4.28. The summed E-state index contributed by atoms with van der Waals surface area (Å²) in [6.45, 7) is 10.2. The molecule has 0 atom stereocenters. The van der Waals surface area contributed by atoms with E-state index < -0.39 is 0 Å². The van der Waals surface area contributed by atoms with Crippen molar-refractivity contribution < 1.29 is 0 Å². The summed E-state index contributed by atoms with van der Waals surface area (Å²) in [6, 6.07) is 6.31. The van der Waals surface area contributed by atoms with Crippen molar-refractivity contribution in [2.24, 2.45) is 5.73 Å². The Hall–Kier alpha value is -1.94. The third-order valence-corrected chi connectivity index (χ3v) is 3.72. The number of rotatable bonds is 3. The van der Waals surface area contributed by atoms with E-state index in [4.69, 9.17) is 18.0 Å². The van der Waals surface area contributed by atoms with E-state index >= 15 is 0 Å². The van der Waals surface area contributed by atoms with E-state index in [0.717, 1.165) is 28.3 Å².